The topological polar surface area (TPSA) is 47.6 Å². The molecule has 24 heavy (non-hydrogen) atoms. The van der Waals surface area contributed by atoms with Gasteiger partial charge >= 0.3 is 0 Å². The Morgan fingerprint density at radius 2 is 1.54 bits per heavy atom. The summed E-state index contributed by atoms with van der Waals surface area (Å²) in [7, 11) is 0. The van der Waals surface area contributed by atoms with E-state index < -0.39 is 0 Å². The van der Waals surface area contributed by atoms with E-state index in [4.69, 9.17) is 9.47 Å². The van der Waals surface area contributed by atoms with Gasteiger partial charge in [-0.1, -0.05) is 19.1 Å². The van der Waals surface area contributed by atoms with Crippen LogP contribution in [0.3, 0.4) is 0 Å². The van der Waals surface area contributed by atoms with E-state index in [-0.39, 0.29) is 5.91 Å². The average Bonchev–Trinajstić information content (AvgIpc) is 2.61. The van der Waals surface area contributed by atoms with E-state index in [1.165, 1.54) is 5.56 Å². The number of amides is 1. The van der Waals surface area contributed by atoms with Crippen molar-refractivity contribution in [1.29, 1.82) is 0 Å². The molecule has 1 N–H and O–H groups in total. The van der Waals surface area contributed by atoms with E-state index in [0.29, 0.717) is 26.1 Å². The second-order valence-corrected chi connectivity index (χ2v) is 5.46. The summed E-state index contributed by atoms with van der Waals surface area (Å²) in [5.41, 5.74) is 2.07. The van der Waals surface area contributed by atoms with Crippen molar-refractivity contribution in [3.63, 3.8) is 0 Å². The van der Waals surface area contributed by atoms with Crippen molar-refractivity contribution in [3.05, 3.63) is 54.1 Å². The second kappa shape index (κ2) is 9.60. The highest BCUT2D eigenvalue weighted by Crippen LogP contribution is 2.16. The van der Waals surface area contributed by atoms with Crippen LogP contribution in [-0.4, -0.2) is 19.1 Å². The molecule has 2 aromatic carbocycles. The number of anilines is 1. The van der Waals surface area contributed by atoms with E-state index in [2.05, 4.69) is 24.4 Å². The molecule has 0 bridgehead atoms. The van der Waals surface area contributed by atoms with E-state index in [1.54, 1.807) is 0 Å². The maximum absolute atomic E-state index is 11.9. The first-order chi connectivity index (χ1) is 11.7. The summed E-state index contributed by atoms with van der Waals surface area (Å²) < 4.78 is 11.0. The third kappa shape index (κ3) is 5.95. The second-order valence-electron chi connectivity index (χ2n) is 5.46. The molecule has 4 heteroatoms. The van der Waals surface area contributed by atoms with Crippen LogP contribution in [0.1, 0.15) is 32.3 Å². The van der Waals surface area contributed by atoms with Gasteiger partial charge in [-0.25, -0.2) is 0 Å². The van der Waals surface area contributed by atoms with Crippen LogP contribution in [0.2, 0.25) is 0 Å². The van der Waals surface area contributed by atoms with Crippen LogP contribution < -0.4 is 14.8 Å². The Morgan fingerprint density at radius 3 is 2.17 bits per heavy atom. The number of carbonyl (C=O) groups excluding carboxylic acids is 1. The van der Waals surface area contributed by atoms with Crippen molar-refractivity contribution >= 4 is 11.6 Å². The van der Waals surface area contributed by atoms with Gasteiger partial charge in [0.15, 0.2) is 0 Å². The zero-order chi connectivity index (χ0) is 17.2. The van der Waals surface area contributed by atoms with E-state index in [0.717, 1.165) is 23.6 Å². The lowest BCUT2D eigenvalue weighted by atomic mass is 10.2. The van der Waals surface area contributed by atoms with Gasteiger partial charge in [0.25, 0.3) is 0 Å². The first kappa shape index (κ1) is 17.9. The van der Waals surface area contributed by atoms with Gasteiger partial charge in [-0.2, -0.15) is 0 Å². The fraction of sp³-hybridized carbons (Fsp3) is 0.350. The minimum Gasteiger partial charge on any atom is -0.494 e. The molecule has 2 aromatic rings. The predicted octanol–water partition coefficient (Wildman–Crippen LogP) is 4.45. The Bertz CT molecular complexity index is 620. The number of benzene rings is 2. The zero-order valence-corrected chi connectivity index (χ0v) is 14.4. The average molecular weight is 327 g/mol. The molecule has 0 saturated heterocycles. The summed E-state index contributed by atoms with van der Waals surface area (Å²) in [6.45, 7) is 5.23. The SMILES string of the molecule is CCOc1ccc(NC(=O)CCCOc2ccc(CC)cc2)cc1. The number of ether oxygens (including phenoxy) is 2. The molecular formula is C20H25NO3. The number of aryl methyl sites for hydroxylation is 1. The highest BCUT2D eigenvalue weighted by atomic mass is 16.5. The molecule has 1 amide bonds. The lowest BCUT2D eigenvalue weighted by Crippen LogP contribution is -2.12. The Kier molecular flexibility index (Phi) is 7.15. The molecule has 0 saturated carbocycles. The molecule has 0 fully saturated rings. The van der Waals surface area contributed by atoms with Gasteiger partial charge < -0.3 is 14.8 Å². The van der Waals surface area contributed by atoms with Crippen molar-refractivity contribution < 1.29 is 14.3 Å². The minimum atomic E-state index is -0.0101. The Hall–Kier alpha value is -2.49. The van der Waals surface area contributed by atoms with Crippen molar-refractivity contribution in [2.24, 2.45) is 0 Å². The molecule has 0 atom stereocenters. The van der Waals surface area contributed by atoms with Gasteiger partial charge in [0.05, 0.1) is 13.2 Å². The van der Waals surface area contributed by atoms with Crippen LogP contribution in [-0.2, 0) is 11.2 Å². The highest BCUT2D eigenvalue weighted by Gasteiger charge is 2.03. The fourth-order valence-corrected chi connectivity index (χ4v) is 2.27. The van der Waals surface area contributed by atoms with Crippen LogP contribution in [0.5, 0.6) is 11.5 Å². The molecule has 0 spiro atoms. The molecule has 0 aliphatic rings. The van der Waals surface area contributed by atoms with Crippen molar-refractivity contribution in [2.75, 3.05) is 18.5 Å². The summed E-state index contributed by atoms with van der Waals surface area (Å²) in [4.78, 5) is 11.9. The van der Waals surface area contributed by atoms with Crippen LogP contribution >= 0.6 is 0 Å². The monoisotopic (exact) mass is 327 g/mol. The van der Waals surface area contributed by atoms with Gasteiger partial charge in [-0.3, -0.25) is 4.79 Å². The third-order valence-electron chi connectivity index (χ3n) is 3.60. The van der Waals surface area contributed by atoms with Crippen molar-refractivity contribution in [1.82, 2.24) is 0 Å². The fourth-order valence-electron chi connectivity index (χ4n) is 2.27. The number of rotatable bonds is 9. The molecule has 128 valence electrons. The number of nitrogens with one attached hydrogen (secondary N) is 1. The smallest absolute Gasteiger partial charge is 0.224 e. The molecule has 0 unspecified atom stereocenters. The van der Waals surface area contributed by atoms with Crippen molar-refractivity contribution in [2.45, 2.75) is 33.1 Å². The summed E-state index contributed by atoms with van der Waals surface area (Å²) in [5, 5.41) is 2.87. The van der Waals surface area contributed by atoms with Crippen LogP contribution in [0.15, 0.2) is 48.5 Å². The minimum absolute atomic E-state index is 0.0101. The maximum atomic E-state index is 11.9. The summed E-state index contributed by atoms with van der Waals surface area (Å²) >= 11 is 0. The summed E-state index contributed by atoms with van der Waals surface area (Å²) in [6, 6.07) is 15.5. The van der Waals surface area contributed by atoms with Crippen LogP contribution in [0.25, 0.3) is 0 Å². The largest absolute Gasteiger partial charge is 0.494 e. The highest BCUT2D eigenvalue weighted by molar-refractivity contribution is 5.90. The molecule has 0 radical (unpaired) electrons. The molecule has 4 nitrogen and oxygen atoms in total. The molecular weight excluding hydrogens is 302 g/mol. The Labute approximate surface area is 143 Å². The van der Waals surface area contributed by atoms with E-state index >= 15 is 0 Å². The number of carbonyl (C=O) groups is 1. The van der Waals surface area contributed by atoms with E-state index in [1.807, 2.05) is 43.3 Å². The normalized spacial score (nSPS) is 10.2. The quantitative estimate of drug-likeness (QED) is 0.692. The van der Waals surface area contributed by atoms with Gasteiger partial charge in [0, 0.05) is 12.1 Å². The van der Waals surface area contributed by atoms with Crippen LogP contribution in [0, 0.1) is 0 Å². The van der Waals surface area contributed by atoms with Gasteiger partial charge in [-0.05, 0) is 61.7 Å². The van der Waals surface area contributed by atoms with E-state index in [9.17, 15) is 4.79 Å². The van der Waals surface area contributed by atoms with Gasteiger partial charge in [0.1, 0.15) is 11.5 Å². The van der Waals surface area contributed by atoms with Gasteiger partial charge in [0.2, 0.25) is 5.91 Å². The molecule has 0 aliphatic heterocycles. The molecule has 0 heterocycles. The summed E-state index contributed by atoms with van der Waals surface area (Å²) in [6.07, 6.45) is 2.13. The lowest BCUT2D eigenvalue weighted by molar-refractivity contribution is -0.116. The zero-order valence-electron chi connectivity index (χ0n) is 14.4. The lowest BCUT2D eigenvalue weighted by Gasteiger charge is -2.08. The first-order valence-corrected chi connectivity index (χ1v) is 8.45. The molecule has 0 aliphatic carbocycles. The molecule has 0 aromatic heterocycles. The van der Waals surface area contributed by atoms with Crippen LogP contribution in [0.4, 0.5) is 5.69 Å². The predicted molar refractivity (Wildman–Crippen MR) is 96.8 cm³/mol. The standard InChI is InChI=1S/C20H25NO3/c1-3-16-7-11-19(12-8-16)24-15-5-6-20(22)21-17-9-13-18(14-10-17)23-4-2/h7-14H,3-6,15H2,1-2H3,(H,21,22). The first-order valence-electron chi connectivity index (χ1n) is 8.45. The maximum Gasteiger partial charge on any atom is 0.224 e. The van der Waals surface area contributed by atoms with Crippen molar-refractivity contribution in [3.8, 4) is 11.5 Å². The summed E-state index contributed by atoms with van der Waals surface area (Å²) in [5.74, 6) is 1.64. The van der Waals surface area contributed by atoms with Gasteiger partial charge in [-0.15, -0.1) is 0 Å². The Balaban J connectivity index is 1.67. The number of hydrogen-bond donors (Lipinski definition) is 1. The number of hydrogen-bond acceptors (Lipinski definition) is 3. The Morgan fingerprint density at radius 1 is 0.917 bits per heavy atom. The molecule has 2 rings (SSSR count). The third-order valence-corrected chi connectivity index (χ3v) is 3.60.